The predicted molar refractivity (Wildman–Crippen MR) is 98.4 cm³/mol. The van der Waals surface area contributed by atoms with Gasteiger partial charge >= 0.3 is 0 Å². The molecule has 0 aliphatic carbocycles. The van der Waals surface area contributed by atoms with E-state index in [1.807, 2.05) is 44.2 Å². The van der Waals surface area contributed by atoms with Crippen LogP contribution in [0.5, 0.6) is 0 Å². The van der Waals surface area contributed by atoms with Crippen LogP contribution in [0.25, 0.3) is 0 Å². The van der Waals surface area contributed by atoms with Gasteiger partial charge in [0.15, 0.2) is 0 Å². The summed E-state index contributed by atoms with van der Waals surface area (Å²) in [5.41, 5.74) is 2.77. The van der Waals surface area contributed by atoms with E-state index in [0.717, 1.165) is 23.2 Å². The first-order valence-electron chi connectivity index (χ1n) is 8.28. The van der Waals surface area contributed by atoms with Crippen LogP contribution in [0.4, 0.5) is 11.4 Å². The molecule has 0 spiro atoms. The van der Waals surface area contributed by atoms with Gasteiger partial charge in [-0.25, -0.2) is 0 Å². The van der Waals surface area contributed by atoms with E-state index in [-0.39, 0.29) is 28.6 Å². The van der Waals surface area contributed by atoms with Crippen LogP contribution >= 0.6 is 0 Å². The van der Waals surface area contributed by atoms with E-state index < -0.39 is 0 Å². The lowest BCUT2D eigenvalue weighted by Crippen LogP contribution is -2.24. The number of carbonyl (C=O) groups excluding carboxylic acids is 1. The summed E-state index contributed by atoms with van der Waals surface area (Å²) in [4.78, 5) is 21.8. The highest BCUT2D eigenvalue weighted by Gasteiger charge is 2.16. The van der Waals surface area contributed by atoms with Crippen molar-refractivity contribution in [2.45, 2.75) is 39.3 Å². The van der Waals surface area contributed by atoms with Gasteiger partial charge in [-0.05, 0) is 36.6 Å². The summed E-state index contributed by atoms with van der Waals surface area (Å²) >= 11 is 0. The number of hydrogen-bond donors (Lipinski definition) is 2. The molecule has 2 rings (SSSR count). The average molecular weight is 341 g/mol. The zero-order valence-electron chi connectivity index (χ0n) is 14.7. The quantitative estimate of drug-likeness (QED) is 0.579. The lowest BCUT2D eigenvalue weighted by Gasteiger charge is -2.23. The number of rotatable bonds is 7. The van der Waals surface area contributed by atoms with Crippen LogP contribution in [0, 0.1) is 10.1 Å². The van der Waals surface area contributed by atoms with E-state index in [9.17, 15) is 14.9 Å². The molecule has 2 aromatic carbocycles. The third-order valence-corrected chi connectivity index (χ3v) is 4.05. The maximum atomic E-state index is 11.2. The Morgan fingerprint density at radius 2 is 1.84 bits per heavy atom. The number of amides is 1. The third-order valence-electron chi connectivity index (χ3n) is 4.05. The van der Waals surface area contributed by atoms with Gasteiger partial charge in [-0.1, -0.05) is 31.2 Å². The first kappa shape index (κ1) is 18.6. The van der Waals surface area contributed by atoms with Crippen molar-refractivity contribution >= 4 is 17.3 Å². The number of carbonyl (C=O) groups is 1. The van der Waals surface area contributed by atoms with Crippen LogP contribution in [0.2, 0.25) is 0 Å². The van der Waals surface area contributed by atoms with Gasteiger partial charge in [-0.15, -0.1) is 0 Å². The minimum Gasteiger partial charge on any atom is -0.326 e. The van der Waals surface area contributed by atoms with Crippen LogP contribution < -0.4 is 10.6 Å². The third kappa shape index (κ3) is 5.12. The highest BCUT2D eigenvalue weighted by Crippen LogP contribution is 2.26. The first-order valence-corrected chi connectivity index (χ1v) is 8.28. The monoisotopic (exact) mass is 341 g/mol. The Morgan fingerprint density at radius 3 is 2.48 bits per heavy atom. The van der Waals surface area contributed by atoms with Gasteiger partial charge in [-0.2, -0.15) is 0 Å². The van der Waals surface area contributed by atoms with Crippen LogP contribution in [0.3, 0.4) is 0 Å². The maximum Gasteiger partial charge on any atom is 0.269 e. The van der Waals surface area contributed by atoms with Crippen LogP contribution in [0.15, 0.2) is 48.5 Å². The minimum absolute atomic E-state index is 0.000627. The number of nitrogens with one attached hydrogen (secondary N) is 2. The van der Waals surface area contributed by atoms with Crippen LogP contribution in [0.1, 0.15) is 50.4 Å². The smallest absolute Gasteiger partial charge is 0.269 e. The second kappa shape index (κ2) is 8.39. The summed E-state index contributed by atoms with van der Waals surface area (Å²) in [7, 11) is 0. The molecule has 0 saturated carbocycles. The van der Waals surface area contributed by atoms with Gasteiger partial charge in [0.1, 0.15) is 0 Å². The number of nitro groups is 1. The zero-order chi connectivity index (χ0) is 18.4. The second-order valence-corrected chi connectivity index (χ2v) is 6.01. The van der Waals surface area contributed by atoms with Crippen molar-refractivity contribution in [3.05, 3.63) is 69.8 Å². The molecule has 0 heterocycles. The Labute approximate surface area is 147 Å². The van der Waals surface area contributed by atoms with Crippen molar-refractivity contribution in [1.29, 1.82) is 0 Å². The molecule has 2 aromatic rings. The summed E-state index contributed by atoms with van der Waals surface area (Å²) in [5, 5.41) is 17.3. The minimum atomic E-state index is -0.378. The number of nitro benzene ring substituents is 1. The summed E-state index contributed by atoms with van der Waals surface area (Å²) < 4.78 is 0. The molecule has 2 atom stereocenters. The fourth-order valence-corrected chi connectivity index (χ4v) is 2.79. The molecule has 132 valence electrons. The highest BCUT2D eigenvalue weighted by atomic mass is 16.6. The van der Waals surface area contributed by atoms with Crippen molar-refractivity contribution < 1.29 is 9.72 Å². The zero-order valence-corrected chi connectivity index (χ0v) is 14.7. The van der Waals surface area contributed by atoms with Crippen molar-refractivity contribution in [3.63, 3.8) is 0 Å². The maximum absolute atomic E-state index is 11.2. The van der Waals surface area contributed by atoms with E-state index >= 15 is 0 Å². The number of nitrogens with zero attached hydrogens (tertiary/aromatic N) is 1. The van der Waals surface area contributed by atoms with Gasteiger partial charge in [-0.3, -0.25) is 14.9 Å². The molecule has 0 fully saturated rings. The van der Waals surface area contributed by atoms with E-state index in [1.165, 1.54) is 13.0 Å². The lowest BCUT2D eigenvalue weighted by atomic mass is 10.0. The Hall–Kier alpha value is -2.73. The highest BCUT2D eigenvalue weighted by molar-refractivity contribution is 5.88. The number of anilines is 1. The molecule has 1 amide bonds. The Bertz CT molecular complexity index is 761. The van der Waals surface area contributed by atoms with Gasteiger partial charge < -0.3 is 10.6 Å². The molecule has 0 aliphatic heterocycles. The van der Waals surface area contributed by atoms with Crippen molar-refractivity contribution in [3.8, 4) is 0 Å². The molecule has 0 aliphatic rings. The molecule has 0 bridgehead atoms. The second-order valence-electron chi connectivity index (χ2n) is 6.01. The molecule has 2 unspecified atom stereocenters. The fraction of sp³-hybridized carbons (Fsp3) is 0.316. The van der Waals surface area contributed by atoms with E-state index in [0.29, 0.717) is 0 Å². The van der Waals surface area contributed by atoms with E-state index in [1.54, 1.807) is 12.1 Å². The normalized spacial score (nSPS) is 13.1. The van der Waals surface area contributed by atoms with Crippen LogP contribution in [-0.4, -0.2) is 10.8 Å². The number of non-ortho nitro benzene ring substituents is 1. The van der Waals surface area contributed by atoms with Crippen molar-refractivity contribution in [2.24, 2.45) is 0 Å². The van der Waals surface area contributed by atoms with Gasteiger partial charge in [0.05, 0.1) is 4.92 Å². The standard InChI is InChI=1S/C19H23N3O3/c1-4-19(16-8-6-10-18(12-16)22(24)25)20-13(2)15-7-5-9-17(11-15)21-14(3)23/h5-13,19-20H,4H2,1-3H3,(H,21,23). The van der Waals surface area contributed by atoms with Crippen LogP contribution in [-0.2, 0) is 4.79 Å². The molecule has 2 N–H and O–H groups in total. The summed E-state index contributed by atoms with van der Waals surface area (Å²) in [6.45, 7) is 5.55. The Balaban J connectivity index is 2.17. The summed E-state index contributed by atoms with van der Waals surface area (Å²) in [6.07, 6.45) is 0.802. The SMILES string of the molecule is CCC(NC(C)c1cccc(NC(C)=O)c1)c1cccc([N+](=O)[O-])c1. The number of benzene rings is 2. The molecular formula is C19H23N3O3. The molecule has 0 saturated heterocycles. The van der Waals surface area contributed by atoms with Gasteiger partial charge in [0.25, 0.3) is 5.69 Å². The van der Waals surface area contributed by atoms with Gasteiger partial charge in [0.2, 0.25) is 5.91 Å². The topological polar surface area (TPSA) is 84.3 Å². The molecule has 6 nitrogen and oxygen atoms in total. The van der Waals surface area contributed by atoms with Gasteiger partial charge in [0, 0.05) is 36.8 Å². The van der Waals surface area contributed by atoms with Crippen molar-refractivity contribution in [1.82, 2.24) is 5.32 Å². The summed E-state index contributed by atoms with van der Waals surface area (Å²) in [5.74, 6) is -0.110. The Morgan fingerprint density at radius 1 is 1.16 bits per heavy atom. The molecule has 0 aromatic heterocycles. The fourth-order valence-electron chi connectivity index (χ4n) is 2.79. The molecule has 0 radical (unpaired) electrons. The molecular weight excluding hydrogens is 318 g/mol. The molecule has 6 heteroatoms. The Kier molecular flexibility index (Phi) is 6.25. The van der Waals surface area contributed by atoms with E-state index in [4.69, 9.17) is 0 Å². The lowest BCUT2D eigenvalue weighted by molar-refractivity contribution is -0.384. The average Bonchev–Trinajstić information content (AvgIpc) is 2.59. The van der Waals surface area contributed by atoms with E-state index in [2.05, 4.69) is 10.6 Å². The molecule has 25 heavy (non-hydrogen) atoms. The first-order chi connectivity index (χ1) is 11.9. The van der Waals surface area contributed by atoms with Crippen molar-refractivity contribution in [2.75, 3.05) is 5.32 Å². The largest absolute Gasteiger partial charge is 0.326 e. The number of hydrogen-bond acceptors (Lipinski definition) is 4. The predicted octanol–water partition coefficient (Wildman–Crippen LogP) is 4.36. The summed E-state index contributed by atoms with van der Waals surface area (Å²) in [6, 6.07) is 14.4.